The number of nitrogens with zero attached hydrogens (tertiary/aromatic N) is 2. The van der Waals surface area contributed by atoms with Crippen molar-refractivity contribution in [1.82, 2.24) is 4.90 Å². The molecule has 0 aromatic heterocycles. The van der Waals surface area contributed by atoms with Gasteiger partial charge in [0.15, 0.2) is 0 Å². The second kappa shape index (κ2) is 9.78. The van der Waals surface area contributed by atoms with Crippen molar-refractivity contribution in [3.05, 3.63) is 24.3 Å². The molecule has 1 heterocycles. The normalized spacial score (nSPS) is 17.3. The summed E-state index contributed by atoms with van der Waals surface area (Å²) in [5.41, 5.74) is 1.18. The number of piperazine rings is 1. The number of aliphatic hydroxyl groups excluding tert-OH is 1. The number of hydrogen-bond acceptors (Lipinski definition) is 4. The number of hydrogen-bond donors (Lipinski definition) is 1. The molecule has 0 saturated carbocycles. The van der Waals surface area contributed by atoms with Gasteiger partial charge < -0.3 is 14.7 Å². The third kappa shape index (κ3) is 5.70. The van der Waals surface area contributed by atoms with Crippen LogP contribution in [-0.2, 0) is 0 Å². The summed E-state index contributed by atoms with van der Waals surface area (Å²) in [6, 6.07) is 8.20. The summed E-state index contributed by atoms with van der Waals surface area (Å²) in [6.45, 7) is 7.02. The van der Waals surface area contributed by atoms with Gasteiger partial charge in [0.1, 0.15) is 5.75 Å². The van der Waals surface area contributed by atoms with Crippen LogP contribution in [0.25, 0.3) is 0 Å². The van der Waals surface area contributed by atoms with Gasteiger partial charge in [-0.25, -0.2) is 0 Å². The van der Waals surface area contributed by atoms with E-state index in [1.165, 1.54) is 24.9 Å². The molecule has 23 heavy (non-hydrogen) atoms. The maximum atomic E-state index is 10.2. The van der Waals surface area contributed by atoms with Crippen LogP contribution in [-0.4, -0.2) is 55.9 Å². The highest BCUT2D eigenvalue weighted by Crippen LogP contribution is 2.28. The van der Waals surface area contributed by atoms with Crippen molar-refractivity contribution in [2.45, 2.75) is 45.1 Å². The van der Waals surface area contributed by atoms with E-state index in [9.17, 15) is 5.11 Å². The molecule has 1 aromatic rings. The van der Waals surface area contributed by atoms with E-state index in [0.717, 1.165) is 51.3 Å². The molecule has 0 amide bonds. The minimum atomic E-state index is -0.176. The molecule has 0 bridgehead atoms. The summed E-state index contributed by atoms with van der Waals surface area (Å²) in [5.74, 6) is 0.942. The van der Waals surface area contributed by atoms with Crippen molar-refractivity contribution in [3.63, 3.8) is 0 Å². The molecule has 1 aromatic carbocycles. The fourth-order valence-corrected chi connectivity index (χ4v) is 3.26. The van der Waals surface area contributed by atoms with Gasteiger partial charge in [0.2, 0.25) is 0 Å². The number of β-amino-alcohol motifs (C(OH)–C–C–N with tert-alkyl or cyclic N) is 1. The summed E-state index contributed by atoms with van der Waals surface area (Å²) in [5, 5.41) is 10.2. The number of anilines is 1. The Morgan fingerprint density at radius 1 is 1.09 bits per heavy atom. The van der Waals surface area contributed by atoms with E-state index in [1.54, 1.807) is 7.11 Å². The highest BCUT2D eigenvalue weighted by Gasteiger charge is 2.20. The quantitative estimate of drug-likeness (QED) is 0.709. The molecule has 1 aliphatic heterocycles. The fourth-order valence-electron chi connectivity index (χ4n) is 3.26. The Morgan fingerprint density at radius 3 is 2.52 bits per heavy atom. The van der Waals surface area contributed by atoms with Crippen LogP contribution in [0, 0.1) is 0 Å². The van der Waals surface area contributed by atoms with Crippen molar-refractivity contribution < 1.29 is 9.84 Å². The molecule has 4 heteroatoms. The van der Waals surface area contributed by atoms with E-state index in [1.807, 2.05) is 12.1 Å². The first-order chi connectivity index (χ1) is 11.2. The predicted octanol–water partition coefficient (Wildman–Crippen LogP) is 3.15. The molecular weight excluding hydrogens is 288 g/mol. The predicted molar refractivity (Wildman–Crippen MR) is 96.4 cm³/mol. The topological polar surface area (TPSA) is 35.9 Å². The molecule has 0 spiro atoms. The highest BCUT2D eigenvalue weighted by molar-refractivity contribution is 5.58. The maximum absolute atomic E-state index is 10.2. The van der Waals surface area contributed by atoms with Crippen LogP contribution in [0.4, 0.5) is 5.69 Å². The van der Waals surface area contributed by atoms with Gasteiger partial charge in [0.05, 0.1) is 18.9 Å². The Bertz CT molecular complexity index is 445. The Balaban J connectivity index is 1.73. The Labute approximate surface area is 141 Å². The van der Waals surface area contributed by atoms with Gasteiger partial charge in [0, 0.05) is 32.7 Å². The second-order valence-corrected chi connectivity index (χ2v) is 6.46. The van der Waals surface area contributed by atoms with Gasteiger partial charge in [-0.15, -0.1) is 0 Å². The van der Waals surface area contributed by atoms with Crippen LogP contribution in [0.15, 0.2) is 24.3 Å². The van der Waals surface area contributed by atoms with E-state index in [4.69, 9.17) is 4.74 Å². The third-order valence-corrected chi connectivity index (χ3v) is 4.66. The first kappa shape index (κ1) is 18.1. The van der Waals surface area contributed by atoms with Crippen molar-refractivity contribution in [2.75, 3.05) is 44.7 Å². The number of rotatable bonds is 9. The third-order valence-electron chi connectivity index (χ3n) is 4.66. The number of para-hydroxylation sites is 2. The standard InChI is InChI=1S/C19H32N2O2/c1-3-4-5-6-9-17(22)16-20-12-14-21(15-13-20)18-10-7-8-11-19(18)23-2/h7-8,10-11,17,22H,3-6,9,12-16H2,1-2H3. The average molecular weight is 320 g/mol. The van der Waals surface area contributed by atoms with E-state index < -0.39 is 0 Å². The summed E-state index contributed by atoms with van der Waals surface area (Å²) in [7, 11) is 1.73. The Kier molecular flexibility index (Phi) is 7.69. The van der Waals surface area contributed by atoms with Crippen LogP contribution in [0.5, 0.6) is 5.75 Å². The van der Waals surface area contributed by atoms with E-state index in [0.29, 0.717) is 0 Å². The second-order valence-electron chi connectivity index (χ2n) is 6.46. The zero-order chi connectivity index (χ0) is 16.5. The molecule has 130 valence electrons. The van der Waals surface area contributed by atoms with Crippen LogP contribution in [0.3, 0.4) is 0 Å². The van der Waals surface area contributed by atoms with Crippen LogP contribution >= 0.6 is 0 Å². The van der Waals surface area contributed by atoms with Gasteiger partial charge in [-0.1, -0.05) is 44.7 Å². The number of methoxy groups -OCH3 is 1. The monoisotopic (exact) mass is 320 g/mol. The molecule has 0 aliphatic carbocycles. The maximum Gasteiger partial charge on any atom is 0.142 e. The van der Waals surface area contributed by atoms with Crippen molar-refractivity contribution in [1.29, 1.82) is 0 Å². The van der Waals surface area contributed by atoms with Gasteiger partial charge in [-0.3, -0.25) is 4.90 Å². The minimum Gasteiger partial charge on any atom is -0.495 e. The summed E-state index contributed by atoms with van der Waals surface area (Å²) in [4.78, 5) is 4.76. The SMILES string of the molecule is CCCCCCC(O)CN1CCN(c2ccccc2OC)CC1. The molecule has 4 nitrogen and oxygen atoms in total. The van der Waals surface area contributed by atoms with Crippen LogP contribution < -0.4 is 9.64 Å². The molecule has 1 atom stereocenters. The highest BCUT2D eigenvalue weighted by atomic mass is 16.5. The molecule has 1 aliphatic rings. The molecular formula is C19H32N2O2. The number of unbranched alkanes of at least 4 members (excludes halogenated alkanes) is 3. The lowest BCUT2D eigenvalue weighted by molar-refractivity contribution is 0.0996. The summed E-state index contributed by atoms with van der Waals surface area (Å²) in [6.07, 6.45) is 5.69. The molecule has 0 radical (unpaired) electrons. The number of aliphatic hydroxyl groups is 1. The molecule has 2 rings (SSSR count). The molecule has 1 saturated heterocycles. The number of benzene rings is 1. The zero-order valence-electron chi connectivity index (χ0n) is 14.7. The van der Waals surface area contributed by atoms with E-state index >= 15 is 0 Å². The first-order valence-corrected chi connectivity index (χ1v) is 9.03. The van der Waals surface area contributed by atoms with Gasteiger partial charge in [-0.2, -0.15) is 0 Å². The van der Waals surface area contributed by atoms with E-state index in [-0.39, 0.29) is 6.10 Å². The van der Waals surface area contributed by atoms with Crippen molar-refractivity contribution >= 4 is 5.69 Å². The Hall–Kier alpha value is -1.26. The van der Waals surface area contributed by atoms with Gasteiger partial charge in [-0.05, 0) is 18.6 Å². The number of ether oxygens (including phenoxy) is 1. The van der Waals surface area contributed by atoms with Crippen LogP contribution in [0.2, 0.25) is 0 Å². The Morgan fingerprint density at radius 2 is 1.83 bits per heavy atom. The fraction of sp³-hybridized carbons (Fsp3) is 0.684. The smallest absolute Gasteiger partial charge is 0.142 e. The van der Waals surface area contributed by atoms with Gasteiger partial charge in [0.25, 0.3) is 0 Å². The summed E-state index contributed by atoms with van der Waals surface area (Å²) >= 11 is 0. The lowest BCUT2D eigenvalue weighted by Gasteiger charge is -2.37. The summed E-state index contributed by atoms with van der Waals surface area (Å²) < 4.78 is 5.46. The van der Waals surface area contributed by atoms with E-state index in [2.05, 4.69) is 28.9 Å². The largest absolute Gasteiger partial charge is 0.495 e. The lowest BCUT2D eigenvalue weighted by Crippen LogP contribution is -2.48. The van der Waals surface area contributed by atoms with Crippen molar-refractivity contribution in [2.24, 2.45) is 0 Å². The lowest BCUT2D eigenvalue weighted by atomic mass is 10.1. The molecule has 1 N–H and O–H groups in total. The van der Waals surface area contributed by atoms with Crippen LogP contribution in [0.1, 0.15) is 39.0 Å². The zero-order valence-corrected chi connectivity index (χ0v) is 14.7. The minimum absolute atomic E-state index is 0.176. The van der Waals surface area contributed by atoms with Crippen molar-refractivity contribution in [3.8, 4) is 5.75 Å². The molecule has 1 fully saturated rings. The first-order valence-electron chi connectivity index (χ1n) is 9.03. The molecule has 1 unspecified atom stereocenters. The van der Waals surface area contributed by atoms with Gasteiger partial charge >= 0.3 is 0 Å². The average Bonchev–Trinajstić information content (AvgIpc) is 2.59.